The average Bonchev–Trinajstić information content (AvgIpc) is 2.49. The van der Waals surface area contributed by atoms with Crippen molar-refractivity contribution in [1.29, 1.82) is 0 Å². The minimum absolute atomic E-state index is 0. The van der Waals surface area contributed by atoms with Crippen LogP contribution in [-0.2, 0) is 6.42 Å². The van der Waals surface area contributed by atoms with Gasteiger partial charge in [0.25, 0.3) is 0 Å². The molecule has 1 rings (SSSR count). The largest absolute Gasteiger partial charge is 3.00 e. The van der Waals surface area contributed by atoms with E-state index in [2.05, 4.69) is 88.5 Å². The van der Waals surface area contributed by atoms with Crippen LogP contribution >= 0.6 is 0 Å². The molecule has 0 aliphatic rings. The zero-order chi connectivity index (χ0) is 26.5. The Labute approximate surface area is 248 Å². The third kappa shape index (κ3) is 34.7. The van der Waals surface area contributed by atoms with Gasteiger partial charge in [-0.3, -0.25) is 9.98 Å². The van der Waals surface area contributed by atoms with Crippen molar-refractivity contribution in [3.05, 3.63) is 51.2 Å². The van der Waals surface area contributed by atoms with Gasteiger partial charge in [-0.15, -0.1) is 5.76 Å². The van der Waals surface area contributed by atoms with E-state index in [4.69, 9.17) is 9.30 Å². The van der Waals surface area contributed by atoms with Crippen molar-refractivity contribution < 1.29 is 45.5 Å². The first-order valence-corrected chi connectivity index (χ1v) is 25.6. The Bertz CT molecular complexity index is 664. The van der Waals surface area contributed by atoms with E-state index in [0.717, 1.165) is 17.8 Å². The summed E-state index contributed by atoms with van der Waals surface area (Å²) in [5, 5.41) is 10.7. The van der Waals surface area contributed by atoms with E-state index in [1.54, 1.807) is 12.3 Å². The molecule has 0 aliphatic heterocycles. The van der Waals surface area contributed by atoms with Crippen molar-refractivity contribution in [2.24, 2.45) is 4.99 Å². The molecular formula is C24H51N4OSi4Sm. The summed E-state index contributed by atoms with van der Waals surface area (Å²) < 4.78 is 9.64. The molecule has 1 aromatic heterocycles. The predicted molar refractivity (Wildman–Crippen MR) is 160 cm³/mol. The van der Waals surface area contributed by atoms with E-state index in [0.29, 0.717) is 6.54 Å². The van der Waals surface area contributed by atoms with Gasteiger partial charge in [0.1, 0.15) is 0 Å². The summed E-state index contributed by atoms with van der Waals surface area (Å²) in [5.41, 5.74) is 1.80. The van der Waals surface area contributed by atoms with Gasteiger partial charge in [-0.05, 0) is 19.1 Å². The average molecular weight is 674 g/mol. The number of pyridine rings is 1. The first-order chi connectivity index (χ1) is 14.6. The van der Waals surface area contributed by atoms with E-state index in [1.807, 2.05) is 25.1 Å². The molecule has 0 saturated heterocycles. The second kappa shape index (κ2) is 17.9. The maximum Gasteiger partial charge on any atom is 3.00 e. The molecule has 0 fully saturated rings. The van der Waals surface area contributed by atoms with E-state index < -0.39 is 32.9 Å². The van der Waals surface area contributed by atoms with Crippen molar-refractivity contribution in [3.63, 3.8) is 0 Å². The van der Waals surface area contributed by atoms with Gasteiger partial charge in [0.05, 0.1) is 0 Å². The summed E-state index contributed by atoms with van der Waals surface area (Å²) in [7, 11) is -4.42. The molecule has 34 heavy (non-hydrogen) atoms. The van der Waals surface area contributed by atoms with Gasteiger partial charge in [0.15, 0.2) is 0 Å². The van der Waals surface area contributed by atoms with Gasteiger partial charge >= 0.3 is 40.4 Å². The summed E-state index contributed by atoms with van der Waals surface area (Å²) >= 11 is 0. The Kier molecular flexibility index (Phi) is 20.5. The van der Waals surface area contributed by atoms with Crippen LogP contribution < -0.4 is 5.11 Å². The van der Waals surface area contributed by atoms with Crippen LogP contribution in [0.1, 0.15) is 19.5 Å². The van der Waals surface area contributed by atoms with Crippen LogP contribution in [0.3, 0.4) is 0 Å². The number of aliphatic imine (C=N–C) groups is 1. The summed E-state index contributed by atoms with van der Waals surface area (Å²) in [6.07, 6.45) is 4.12. The Morgan fingerprint density at radius 2 is 1.24 bits per heavy atom. The molecule has 1 heterocycles. The predicted octanol–water partition coefficient (Wildman–Crippen LogP) is 7.41. The number of nitrogens with zero attached hydrogens (tertiary/aromatic N) is 4. The van der Waals surface area contributed by atoms with Crippen molar-refractivity contribution in [1.82, 2.24) is 4.98 Å². The minimum atomic E-state index is -1.11. The molecule has 0 unspecified atom stereocenters. The van der Waals surface area contributed by atoms with Gasteiger partial charge < -0.3 is 14.4 Å². The van der Waals surface area contributed by atoms with E-state index in [1.165, 1.54) is 6.92 Å². The Morgan fingerprint density at radius 3 is 1.50 bits per heavy atom. The van der Waals surface area contributed by atoms with Crippen LogP contribution in [0.5, 0.6) is 0 Å². The second-order valence-corrected chi connectivity index (χ2v) is 31.4. The molecule has 1 radical (unpaired) electrons. The summed E-state index contributed by atoms with van der Waals surface area (Å²) in [6.45, 7) is 31.6. The molecule has 0 bridgehead atoms. The van der Waals surface area contributed by atoms with Crippen LogP contribution in [0.2, 0.25) is 78.6 Å². The maximum atomic E-state index is 10.7. The van der Waals surface area contributed by atoms with Gasteiger partial charge in [-0.25, -0.2) is 0 Å². The van der Waals surface area contributed by atoms with Crippen LogP contribution in [-0.4, -0.2) is 50.2 Å². The SMILES string of the molecule is CC(/C=C(/C)[O-])=NCCc1ccccn1.C[Si](C)(C)[N-][Si](C)(C)C.C[Si](C)(C)[N-][Si](C)(C)C.[Sm+3]. The van der Waals surface area contributed by atoms with Crippen LogP contribution in [0.25, 0.3) is 9.30 Å². The molecule has 0 amide bonds. The topological polar surface area (TPSA) is 76.5 Å². The summed E-state index contributed by atoms with van der Waals surface area (Å²) in [6, 6.07) is 5.82. The fourth-order valence-corrected chi connectivity index (χ4v) is 19.3. The molecule has 195 valence electrons. The summed E-state index contributed by atoms with van der Waals surface area (Å²) in [5.74, 6) is 0.0362. The number of hydrogen-bond donors (Lipinski definition) is 0. The van der Waals surface area contributed by atoms with Crippen molar-refractivity contribution in [2.45, 2.75) is 98.8 Å². The zero-order valence-electron chi connectivity index (χ0n) is 24.4. The van der Waals surface area contributed by atoms with Crippen molar-refractivity contribution in [2.75, 3.05) is 6.54 Å². The maximum absolute atomic E-state index is 10.7. The van der Waals surface area contributed by atoms with Crippen molar-refractivity contribution in [3.8, 4) is 0 Å². The van der Waals surface area contributed by atoms with Gasteiger partial charge in [0, 0.05) is 30.6 Å². The fraction of sp³-hybridized carbons (Fsp3) is 0.667. The Balaban J connectivity index is -0.000000443. The number of hydrogen-bond acceptors (Lipinski definition) is 3. The first-order valence-electron chi connectivity index (χ1n) is 11.8. The number of rotatable bonds is 8. The number of allylic oxidation sites excluding steroid dienone is 2. The van der Waals surface area contributed by atoms with Gasteiger partial charge in [0.2, 0.25) is 0 Å². The molecule has 0 atom stereocenters. The molecule has 5 nitrogen and oxygen atoms in total. The number of aromatic nitrogens is 1. The third-order valence-electron chi connectivity index (χ3n) is 3.21. The first kappa shape index (κ1) is 39.0. The van der Waals surface area contributed by atoms with Crippen molar-refractivity contribution >= 4 is 38.7 Å². The summed E-state index contributed by atoms with van der Waals surface area (Å²) in [4.78, 5) is 8.45. The fourth-order valence-electron chi connectivity index (χ4n) is 3.25. The van der Waals surface area contributed by atoms with Gasteiger partial charge in [-0.2, -0.15) is 0 Å². The zero-order valence-corrected chi connectivity index (χ0v) is 31.0. The molecule has 0 aliphatic carbocycles. The minimum Gasteiger partial charge on any atom is -0.876 e. The normalized spacial score (nSPS) is 13.1. The van der Waals surface area contributed by atoms with E-state index in [-0.39, 0.29) is 46.1 Å². The molecule has 0 N–H and O–H groups in total. The quantitative estimate of drug-likeness (QED) is 0.164. The third-order valence-corrected chi connectivity index (χ3v) is 13.9. The van der Waals surface area contributed by atoms with E-state index >= 15 is 0 Å². The van der Waals surface area contributed by atoms with Crippen LogP contribution in [0, 0.1) is 40.4 Å². The molecular weight excluding hydrogens is 623 g/mol. The molecule has 0 aromatic carbocycles. The Hall–Kier alpha value is 0.485. The van der Waals surface area contributed by atoms with E-state index in [9.17, 15) is 5.11 Å². The van der Waals surface area contributed by atoms with Crippen LogP contribution in [0.15, 0.2) is 41.2 Å². The molecule has 0 saturated carbocycles. The molecule has 10 heteroatoms. The van der Waals surface area contributed by atoms with Crippen LogP contribution in [0.4, 0.5) is 0 Å². The molecule has 0 spiro atoms. The molecule has 1 aromatic rings. The second-order valence-electron chi connectivity index (χ2n) is 12.3. The monoisotopic (exact) mass is 675 g/mol. The Morgan fingerprint density at radius 1 is 0.824 bits per heavy atom. The van der Waals surface area contributed by atoms with Gasteiger partial charge in [-0.1, -0.05) is 131 Å². The standard InChI is InChI=1S/C12H16N2O.2C6H18NSi2.Sm/c1-10(9-11(2)15)13-8-6-12-5-3-4-7-14-12;2*1-8(2,3)7-9(4,5)6;/h3-5,7,9,15H,6,8H2,1-2H3;2*1-6H3;/q;2*-1;+3/p-1/b11-9-,13-10?;;;. The smallest absolute Gasteiger partial charge is 0.876 e.